The third kappa shape index (κ3) is 3.18. The summed E-state index contributed by atoms with van der Waals surface area (Å²) in [5.41, 5.74) is 3.94. The number of benzene rings is 1. The highest BCUT2D eigenvalue weighted by atomic mass is 32.1. The molecule has 0 aliphatic carbocycles. The monoisotopic (exact) mass is 260 g/mol. The van der Waals surface area contributed by atoms with Crippen molar-refractivity contribution in [3.63, 3.8) is 0 Å². The molecule has 0 saturated heterocycles. The molecule has 1 amide bonds. The zero-order chi connectivity index (χ0) is 12.8. The lowest BCUT2D eigenvalue weighted by Crippen LogP contribution is -2.17. The fourth-order valence-corrected chi connectivity index (χ4v) is 1.95. The Balaban J connectivity index is 1.99. The maximum atomic E-state index is 11.8. The molecule has 0 spiro atoms. The summed E-state index contributed by atoms with van der Waals surface area (Å²) in [7, 11) is 1.56. The van der Waals surface area contributed by atoms with E-state index in [1.54, 1.807) is 48.9 Å². The molecular formula is C13H12N2O2S. The van der Waals surface area contributed by atoms with Crippen LogP contribution in [0.1, 0.15) is 15.9 Å². The van der Waals surface area contributed by atoms with Crippen LogP contribution in [0.3, 0.4) is 0 Å². The minimum absolute atomic E-state index is 0.264. The first kappa shape index (κ1) is 12.3. The van der Waals surface area contributed by atoms with Crippen LogP contribution in [0.2, 0.25) is 0 Å². The second-order valence-electron chi connectivity index (χ2n) is 3.49. The molecule has 0 saturated carbocycles. The van der Waals surface area contributed by atoms with E-state index in [4.69, 9.17) is 4.74 Å². The van der Waals surface area contributed by atoms with E-state index in [1.807, 2.05) is 16.8 Å². The highest BCUT2D eigenvalue weighted by molar-refractivity contribution is 7.08. The molecule has 1 aromatic heterocycles. The van der Waals surface area contributed by atoms with Crippen LogP contribution in [0.5, 0.6) is 5.75 Å². The molecule has 1 heterocycles. The molecule has 0 fully saturated rings. The van der Waals surface area contributed by atoms with Crippen molar-refractivity contribution in [1.29, 1.82) is 0 Å². The Labute approximate surface area is 109 Å². The number of nitrogens with one attached hydrogen (secondary N) is 1. The Bertz CT molecular complexity index is 550. The van der Waals surface area contributed by atoms with E-state index < -0.39 is 0 Å². The van der Waals surface area contributed by atoms with Gasteiger partial charge in [0, 0.05) is 11.1 Å². The van der Waals surface area contributed by atoms with Crippen LogP contribution in [0.15, 0.2) is 46.2 Å². The van der Waals surface area contributed by atoms with Gasteiger partial charge in [-0.05, 0) is 35.0 Å². The number of hydrogen-bond acceptors (Lipinski definition) is 4. The third-order valence-electron chi connectivity index (χ3n) is 2.25. The predicted molar refractivity (Wildman–Crippen MR) is 72.4 cm³/mol. The number of carbonyl (C=O) groups is 1. The molecule has 0 atom stereocenters. The summed E-state index contributed by atoms with van der Waals surface area (Å²) in [4.78, 5) is 11.8. The Hall–Kier alpha value is -2.14. The van der Waals surface area contributed by atoms with Gasteiger partial charge in [0.1, 0.15) is 5.75 Å². The number of hydrogen-bond donors (Lipinski definition) is 1. The van der Waals surface area contributed by atoms with Crippen LogP contribution in [0, 0.1) is 0 Å². The summed E-state index contributed by atoms with van der Waals surface area (Å²) in [6.07, 6.45) is 1.61. The van der Waals surface area contributed by atoms with Gasteiger partial charge in [-0.3, -0.25) is 4.79 Å². The number of carbonyl (C=O) groups excluding carboxylic acids is 1. The molecule has 2 rings (SSSR count). The SMILES string of the molecule is COc1cccc(C(=O)N/N=C/c2ccsc2)c1. The fraction of sp³-hybridized carbons (Fsp3) is 0.0769. The topological polar surface area (TPSA) is 50.7 Å². The van der Waals surface area contributed by atoms with Crippen LogP contribution >= 0.6 is 11.3 Å². The number of methoxy groups -OCH3 is 1. The van der Waals surface area contributed by atoms with Gasteiger partial charge in [-0.1, -0.05) is 6.07 Å². The first-order valence-corrected chi connectivity index (χ1v) is 6.23. The van der Waals surface area contributed by atoms with Crippen molar-refractivity contribution in [2.75, 3.05) is 7.11 Å². The van der Waals surface area contributed by atoms with Gasteiger partial charge >= 0.3 is 0 Å². The van der Waals surface area contributed by atoms with E-state index in [1.165, 1.54) is 0 Å². The zero-order valence-electron chi connectivity index (χ0n) is 9.79. The maximum absolute atomic E-state index is 11.8. The zero-order valence-corrected chi connectivity index (χ0v) is 10.6. The summed E-state index contributed by atoms with van der Waals surface area (Å²) in [5, 5.41) is 7.78. The quantitative estimate of drug-likeness (QED) is 0.678. The summed E-state index contributed by atoms with van der Waals surface area (Å²) < 4.78 is 5.05. The van der Waals surface area contributed by atoms with E-state index in [0.29, 0.717) is 11.3 Å². The molecule has 1 N–H and O–H groups in total. The van der Waals surface area contributed by atoms with Gasteiger partial charge in [-0.25, -0.2) is 5.43 Å². The maximum Gasteiger partial charge on any atom is 0.271 e. The number of thiophene rings is 1. The average molecular weight is 260 g/mol. The molecule has 4 nitrogen and oxygen atoms in total. The van der Waals surface area contributed by atoms with E-state index in [0.717, 1.165) is 5.56 Å². The minimum atomic E-state index is -0.264. The molecule has 5 heteroatoms. The van der Waals surface area contributed by atoms with Crippen molar-refractivity contribution in [1.82, 2.24) is 5.43 Å². The lowest BCUT2D eigenvalue weighted by atomic mass is 10.2. The van der Waals surface area contributed by atoms with E-state index in [9.17, 15) is 4.79 Å². The van der Waals surface area contributed by atoms with Crippen molar-refractivity contribution in [2.24, 2.45) is 5.10 Å². The number of ether oxygens (including phenoxy) is 1. The molecule has 1 aromatic carbocycles. The van der Waals surface area contributed by atoms with Gasteiger partial charge in [-0.15, -0.1) is 0 Å². The number of rotatable bonds is 4. The minimum Gasteiger partial charge on any atom is -0.497 e. The Morgan fingerprint density at radius 3 is 3.06 bits per heavy atom. The second-order valence-corrected chi connectivity index (χ2v) is 4.27. The van der Waals surface area contributed by atoms with Gasteiger partial charge in [0.2, 0.25) is 0 Å². The molecule has 0 aliphatic rings. The number of amides is 1. The van der Waals surface area contributed by atoms with Crippen molar-refractivity contribution in [3.05, 3.63) is 52.2 Å². The smallest absolute Gasteiger partial charge is 0.271 e. The molecule has 18 heavy (non-hydrogen) atoms. The van der Waals surface area contributed by atoms with Crippen molar-refractivity contribution < 1.29 is 9.53 Å². The van der Waals surface area contributed by atoms with Gasteiger partial charge < -0.3 is 4.74 Å². The van der Waals surface area contributed by atoms with Crippen LogP contribution in [0.4, 0.5) is 0 Å². The fourth-order valence-electron chi connectivity index (χ4n) is 1.34. The van der Waals surface area contributed by atoms with Gasteiger partial charge in [0.25, 0.3) is 5.91 Å². The molecule has 92 valence electrons. The second kappa shape index (κ2) is 5.97. The van der Waals surface area contributed by atoms with Crippen LogP contribution in [-0.2, 0) is 0 Å². The first-order valence-electron chi connectivity index (χ1n) is 5.29. The van der Waals surface area contributed by atoms with Crippen LogP contribution < -0.4 is 10.2 Å². The highest BCUT2D eigenvalue weighted by Gasteiger charge is 2.04. The predicted octanol–water partition coefficient (Wildman–Crippen LogP) is 2.52. The Morgan fingerprint density at radius 2 is 2.33 bits per heavy atom. The summed E-state index contributed by atoms with van der Waals surface area (Å²) in [5.74, 6) is 0.379. The normalized spacial score (nSPS) is 10.5. The molecule has 0 bridgehead atoms. The van der Waals surface area contributed by atoms with Crippen molar-refractivity contribution in [3.8, 4) is 5.75 Å². The molecule has 0 radical (unpaired) electrons. The van der Waals surface area contributed by atoms with E-state index in [-0.39, 0.29) is 5.91 Å². The lowest BCUT2D eigenvalue weighted by molar-refractivity contribution is 0.0955. The molecule has 0 unspecified atom stereocenters. The largest absolute Gasteiger partial charge is 0.497 e. The number of hydrazone groups is 1. The standard InChI is InChI=1S/C13H12N2O2S/c1-17-12-4-2-3-11(7-12)13(16)15-14-8-10-5-6-18-9-10/h2-9H,1H3,(H,15,16)/b14-8+. The average Bonchev–Trinajstić information content (AvgIpc) is 2.92. The van der Waals surface area contributed by atoms with Crippen LogP contribution in [0.25, 0.3) is 0 Å². The summed E-state index contributed by atoms with van der Waals surface area (Å²) in [6, 6.07) is 8.83. The van der Waals surface area contributed by atoms with E-state index >= 15 is 0 Å². The van der Waals surface area contributed by atoms with E-state index in [2.05, 4.69) is 10.5 Å². The van der Waals surface area contributed by atoms with Gasteiger partial charge in [-0.2, -0.15) is 16.4 Å². The highest BCUT2D eigenvalue weighted by Crippen LogP contribution is 2.12. The molecule has 0 aliphatic heterocycles. The third-order valence-corrected chi connectivity index (χ3v) is 2.96. The van der Waals surface area contributed by atoms with Crippen LogP contribution in [-0.4, -0.2) is 19.2 Å². The van der Waals surface area contributed by atoms with Crippen molar-refractivity contribution in [2.45, 2.75) is 0 Å². The van der Waals surface area contributed by atoms with Crippen molar-refractivity contribution >= 4 is 23.5 Å². The number of nitrogens with zero attached hydrogens (tertiary/aromatic N) is 1. The summed E-state index contributed by atoms with van der Waals surface area (Å²) in [6.45, 7) is 0. The van der Waals surface area contributed by atoms with Gasteiger partial charge in [0.05, 0.1) is 13.3 Å². The first-order chi connectivity index (χ1) is 8.79. The molecule has 2 aromatic rings. The molecular weight excluding hydrogens is 248 g/mol. The Kier molecular flexibility index (Phi) is 4.09. The summed E-state index contributed by atoms with van der Waals surface area (Å²) >= 11 is 1.58. The lowest BCUT2D eigenvalue weighted by Gasteiger charge is -2.02. The van der Waals surface area contributed by atoms with Gasteiger partial charge in [0.15, 0.2) is 0 Å². The Morgan fingerprint density at radius 1 is 1.44 bits per heavy atom.